The molecule has 2 heteroatoms. The molecule has 1 atom stereocenters. The van der Waals surface area contributed by atoms with Crippen molar-refractivity contribution in [2.75, 3.05) is 0 Å². The first-order valence-electron chi connectivity index (χ1n) is 2.33. The highest BCUT2D eigenvalue weighted by Gasteiger charge is 1.93. The Labute approximate surface area is 43.2 Å². The molecule has 0 aromatic heterocycles. The van der Waals surface area contributed by atoms with Crippen LogP contribution < -0.4 is 5.54 Å². The normalized spacial score (nSPS) is 13.4. The van der Waals surface area contributed by atoms with Crippen molar-refractivity contribution in [2.45, 2.75) is 19.4 Å². The first-order chi connectivity index (χ1) is 3.35. The molecule has 1 nitrogen and oxygen atoms in total. The highest BCUT2D eigenvalue weighted by molar-refractivity contribution is 4.80. The van der Waals surface area contributed by atoms with Crippen LogP contribution in [0.2, 0.25) is 0 Å². The molecule has 0 aliphatic carbocycles. The number of rotatable bonds is 3. The molecule has 0 radical (unpaired) electrons. The molecule has 0 spiro atoms. The Bertz CT molecular complexity index is 50.0. The Morgan fingerprint density at radius 1 is 2.00 bits per heavy atom. The zero-order valence-corrected chi connectivity index (χ0v) is 4.45. The van der Waals surface area contributed by atoms with Crippen LogP contribution in [0, 0.1) is 0 Å². The number of halogens is 1. The Morgan fingerprint density at radius 3 is 2.57 bits per heavy atom. The molecular weight excluding hydrogens is 93.1 g/mol. The Balaban J connectivity index is 3.16. The van der Waals surface area contributed by atoms with Crippen molar-refractivity contribution in [3.8, 4) is 0 Å². The minimum absolute atomic E-state index is 0.167. The van der Waals surface area contributed by atoms with Crippen molar-refractivity contribution in [3.05, 3.63) is 12.7 Å². The summed E-state index contributed by atoms with van der Waals surface area (Å²) in [6.07, 6.45) is 2.29. The summed E-state index contributed by atoms with van der Waals surface area (Å²) in [6.45, 7) is 5.29. The lowest BCUT2D eigenvalue weighted by atomic mass is 10.2. The standard InChI is InChI=1S/C5H10FN/c1-3-5(4-2)7-6/h3,5,7H,1,4H2,2H3. The summed E-state index contributed by atoms with van der Waals surface area (Å²) >= 11 is 0. The van der Waals surface area contributed by atoms with Gasteiger partial charge in [-0.25, -0.2) is 0 Å². The molecule has 0 aliphatic heterocycles. The van der Waals surface area contributed by atoms with Crippen molar-refractivity contribution in [2.24, 2.45) is 0 Å². The van der Waals surface area contributed by atoms with E-state index >= 15 is 0 Å². The predicted molar refractivity (Wildman–Crippen MR) is 28.5 cm³/mol. The van der Waals surface area contributed by atoms with Gasteiger partial charge in [0.25, 0.3) is 0 Å². The van der Waals surface area contributed by atoms with Crippen molar-refractivity contribution in [1.29, 1.82) is 0 Å². The van der Waals surface area contributed by atoms with Gasteiger partial charge in [-0.1, -0.05) is 13.0 Å². The van der Waals surface area contributed by atoms with Crippen LogP contribution in [0.5, 0.6) is 0 Å². The average Bonchev–Trinajstić information content (AvgIpc) is 1.72. The SMILES string of the molecule is C=CC(CC)NF. The number of nitrogens with one attached hydrogen (secondary N) is 1. The van der Waals surface area contributed by atoms with Gasteiger partial charge >= 0.3 is 0 Å². The maximum absolute atomic E-state index is 11.3. The molecule has 0 saturated carbocycles. The fourth-order valence-electron chi connectivity index (χ4n) is 0.288. The van der Waals surface area contributed by atoms with E-state index in [1.54, 1.807) is 11.6 Å². The molecule has 7 heavy (non-hydrogen) atoms. The first-order valence-corrected chi connectivity index (χ1v) is 2.33. The van der Waals surface area contributed by atoms with E-state index in [-0.39, 0.29) is 6.04 Å². The van der Waals surface area contributed by atoms with Gasteiger partial charge in [-0.15, -0.1) is 11.1 Å². The van der Waals surface area contributed by atoms with Crippen LogP contribution in [0.15, 0.2) is 12.7 Å². The third-order valence-electron chi connectivity index (χ3n) is 0.864. The van der Waals surface area contributed by atoms with Crippen molar-refractivity contribution >= 4 is 0 Å². The molecule has 0 rings (SSSR count). The van der Waals surface area contributed by atoms with Crippen LogP contribution in [-0.4, -0.2) is 6.04 Å². The molecule has 0 aromatic carbocycles. The second kappa shape index (κ2) is 3.81. The monoisotopic (exact) mass is 103 g/mol. The highest BCUT2D eigenvalue weighted by atomic mass is 19.2. The smallest absolute Gasteiger partial charge is 0.0546 e. The second-order valence-electron chi connectivity index (χ2n) is 1.36. The van der Waals surface area contributed by atoms with Crippen LogP contribution in [0.4, 0.5) is 4.48 Å². The van der Waals surface area contributed by atoms with Gasteiger partial charge in [-0.2, -0.15) is 5.54 Å². The minimum Gasteiger partial charge on any atom is -0.152 e. The van der Waals surface area contributed by atoms with Gasteiger partial charge in [0.2, 0.25) is 0 Å². The second-order valence-corrected chi connectivity index (χ2v) is 1.36. The van der Waals surface area contributed by atoms with E-state index in [9.17, 15) is 4.48 Å². The van der Waals surface area contributed by atoms with E-state index in [4.69, 9.17) is 0 Å². The van der Waals surface area contributed by atoms with Crippen molar-refractivity contribution in [1.82, 2.24) is 5.54 Å². The van der Waals surface area contributed by atoms with E-state index < -0.39 is 0 Å². The van der Waals surface area contributed by atoms with Gasteiger partial charge in [0.1, 0.15) is 0 Å². The van der Waals surface area contributed by atoms with E-state index in [0.29, 0.717) is 0 Å². The summed E-state index contributed by atoms with van der Waals surface area (Å²) in [4.78, 5) is 0. The summed E-state index contributed by atoms with van der Waals surface area (Å²) in [5.41, 5.74) is 1.58. The molecular formula is C5H10FN. The molecule has 0 saturated heterocycles. The van der Waals surface area contributed by atoms with Gasteiger partial charge < -0.3 is 0 Å². The molecule has 1 N–H and O–H groups in total. The fourth-order valence-corrected chi connectivity index (χ4v) is 0.288. The van der Waals surface area contributed by atoms with Gasteiger partial charge in [-0.3, -0.25) is 0 Å². The van der Waals surface area contributed by atoms with Gasteiger partial charge in [0, 0.05) is 0 Å². The molecule has 0 fully saturated rings. The fraction of sp³-hybridized carbons (Fsp3) is 0.600. The lowest BCUT2D eigenvalue weighted by molar-refractivity contribution is 0.295. The number of hydrogen-bond donors (Lipinski definition) is 1. The van der Waals surface area contributed by atoms with E-state index in [2.05, 4.69) is 6.58 Å². The summed E-state index contributed by atoms with van der Waals surface area (Å²) in [6, 6.07) is -0.167. The topological polar surface area (TPSA) is 12.0 Å². The van der Waals surface area contributed by atoms with Crippen LogP contribution in [-0.2, 0) is 0 Å². The highest BCUT2D eigenvalue weighted by Crippen LogP contribution is 1.88. The van der Waals surface area contributed by atoms with E-state index in [1.807, 2.05) is 6.92 Å². The quantitative estimate of drug-likeness (QED) is 0.421. The van der Waals surface area contributed by atoms with Crippen LogP contribution >= 0.6 is 0 Å². The summed E-state index contributed by atoms with van der Waals surface area (Å²) in [5, 5.41) is 0. The molecule has 0 aromatic rings. The third-order valence-corrected chi connectivity index (χ3v) is 0.864. The van der Waals surface area contributed by atoms with E-state index in [0.717, 1.165) is 6.42 Å². The Hall–Kier alpha value is -0.370. The minimum atomic E-state index is -0.167. The molecule has 1 unspecified atom stereocenters. The molecule has 0 amide bonds. The summed E-state index contributed by atoms with van der Waals surface area (Å²) < 4.78 is 11.3. The molecule has 0 bridgehead atoms. The van der Waals surface area contributed by atoms with Crippen molar-refractivity contribution < 1.29 is 4.48 Å². The zero-order valence-electron chi connectivity index (χ0n) is 4.45. The van der Waals surface area contributed by atoms with Gasteiger partial charge in [-0.05, 0) is 6.42 Å². The predicted octanol–water partition coefficient (Wildman–Crippen LogP) is 1.43. The van der Waals surface area contributed by atoms with Crippen LogP contribution in [0.1, 0.15) is 13.3 Å². The Morgan fingerprint density at radius 2 is 2.57 bits per heavy atom. The van der Waals surface area contributed by atoms with Gasteiger partial charge in [0.05, 0.1) is 6.04 Å². The largest absolute Gasteiger partial charge is 0.152 e. The summed E-state index contributed by atoms with van der Waals surface area (Å²) in [7, 11) is 0. The molecule has 0 heterocycles. The van der Waals surface area contributed by atoms with Crippen LogP contribution in [0.25, 0.3) is 0 Å². The third kappa shape index (κ3) is 2.34. The summed E-state index contributed by atoms with van der Waals surface area (Å²) in [5.74, 6) is 0. The van der Waals surface area contributed by atoms with Crippen molar-refractivity contribution in [3.63, 3.8) is 0 Å². The average molecular weight is 103 g/mol. The maximum atomic E-state index is 11.3. The molecule has 0 aliphatic rings. The zero-order chi connectivity index (χ0) is 5.70. The van der Waals surface area contributed by atoms with Gasteiger partial charge in [0.15, 0.2) is 0 Å². The Kier molecular flexibility index (Phi) is 3.61. The lowest BCUT2D eigenvalue weighted by Crippen LogP contribution is -2.16. The van der Waals surface area contributed by atoms with E-state index in [1.165, 1.54) is 0 Å². The molecule has 42 valence electrons. The lowest BCUT2D eigenvalue weighted by Gasteiger charge is -2.00. The first kappa shape index (κ1) is 6.63. The number of hydrogen-bond acceptors (Lipinski definition) is 1. The van der Waals surface area contributed by atoms with Crippen LogP contribution in [0.3, 0.4) is 0 Å². The maximum Gasteiger partial charge on any atom is 0.0546 e.